The maximum Gasteiger partial charge on any atom is 0.349 e. The number of nitrogens with zero attached hydrogens (tertiary/aromatic N) is 2. The van der Waals surface area contributed by atoms with Crippen LogP contribution in [0.5, 0.6) is 0 Å². The number of nitrogens with two attached hydrogens (primary N) is 1. The monoisotopic (exact) mass is 500 g/mol. The number of ketones is 1. The van der Waals surface area contributed by atoms with E-state index in [1.807, 2.05) is 32.9 Å². The highest BCUT2D eigenvalue weighted by Gasteiger charge is 2.46. The molecule has 0 unspecified atom stereocenters. The van der Waals surface area contributed by atoms with E-state index in [1.165, 1.54) is 0 Å². The molecule has 1 saturated carbocycles. The van der Waals surface area contributed by atoms with Crippen molar-refractivity contribution in [3.63, 3.8) is 0 Å². The fourth-order valence-electron chi connectivity index (χ4n) is 4.70. The Morgan fingerprint density at radius 1 is 1.18 bits per heavy atom. The minimum Gasteiger partial charge on any atom is -0.378 e. The summed E-state index contributed by atoms with van der Waals surface area (Å²) in [6, 6.07) is 9.27. The Kier molecular flexibility index (Phi) is 6.44. The lowest BCUT2D eigenvalue weighted by Crippen LogP contribution is -2.45. The molecule has 1 aliphatic carbocycles. The first-order valence-corrected chi connectivity index (χ1v) is 11.9. The molecule has 0 bridgehead atoms. The average Bonchev–Trinajstić information content (AvgIpc) is 2.74. The van der Waals surface area contributed by atoms with Crippen LogP contribution < -0.4 is 17.0 Å². The van der Waals surface area contributed by atoms with Gasteiger partial charge in [-0.05, 0) is 54.2 Å². The molecule has 1 aromatic heterocycles. The van der Waals surface area contributed by atoms with Gasteiger partial charge in [0.1, 0.15) is 5.78 Å². The number of carbonyl (C=O) groups excluding carboxylic acids is 1. The van der Waals surface area contributed by atoms with E-state index in [0.717, 1.165) is 40.6 Å². The van der Waals surface area contributed by atoms with Crippen molar-refractivity contribution in [2.45, 2.75) is 51.9 Å². The van der Waals surface area contributed by atoms with Crippen LogP contribution in [0.1, 0.15) is 55.4 Å². The third-order valence-electron chi connectivity index (χ3n) is 6.63. The Bertz CT molecular complexity index is 1380. The van der Waals surface area contributed by atoms with E-state index in [1.54, 1.807) is 12.1 Å². The van der Waals surface area contributed by atoms with Crippen molar-refractivity contribution in [2.24, 2.45) is 5.92 Å². The number of anilines is 1. The Labute approximate surface area is 206 Å². The first-order valence-electron chi connectivity index (χ1n) is 11.2. The molecule has 3 N–H and O–H groups in total. The lowest BCUT2D eigenvalue weighted by Gasteiger charge is -2.43. The van der Waals surface area contributed by atoms with Gasteiger partial charge in [-0.1, -0.05) is 61.7 Å². The summed E-state index contributed by atoms with van der Waals surface area (Å²) >= 11 is 13.1. The molecule has 1 fully saturated rings. The number of Topliss-reactive ketones (excluding diaryl/α,β-unsaturated/α-hetero) is 1. The molecule has 3 aromatic rings. The van der Waals surface area contributed by atoms with Gasteiger partial charge >= 0.3 is 5.69 Å². The second kappa shape index (κ2) is 9.04. The number of H-pyrrole nitrogens is 1. The van der Waals surface area contributed by atoms with E-state index < -0.39 is 16.7 Å². The SMILES string of the molecule is Cc1ccc(Cc2c(Cl)cc(-n3nc(N)c(=O)[nH]c3=O)cc2Cl)cc1C1(C(=O)C(C)C)CCC1. The predicted octanol–water partition coefficient (Wildman–Crippen LogP) is 4.36. The summed E-state index contributed by atoms with van der Waals surface area (Å²) in [4.78, 5) is 38.9. The Hall–Kier alpha value is -2.90. The van der Waals surface area contributed by atoms with Crippen LogP contribution in [0.25, 0.3) is 5.69 Å². The summed E-state index contributed by atoms with van der Waals surface area (Å²) in [6.45, 7) is 5.96. The first-order chi connectivity index (χ1) is 16.0. The van der Waals surface area contributed by atoms with Gasteiger partial charge in [-0.2, -0.15) is 4.68 Å². The maximum atomic E-state index is 13.1. The molecule has 2 aromatic carbocycles. The van der Waals surface area contributed by atoms with Crippen molar-refractivity contribution >= 4 is 34.8 Å². The van der Waals surface area contributed by atoms with Crippen molar-refractivity contribution in [1.82, 2.24) is 14.8 Å². The van der Waals surface area contributed by atoms with Crippen molar-refractivity contribution < 1.29 is 4.79 Å². The van der Waals surface area contributed by atoms with E-state index in [9.17, 15) is 14.4 Å². The highest BCUT2D eigenvalue weighted by molar-refractivity contribution is 6.36. The summed E-state index contributed by atoms with van der Waals surface area (Å²) < 4.78 is 0.945. The van der Waals surface area contributed by atoms with Crippen LogP contribution >= 0.6 is 23.2 Å². The number of aryl methyl sites for hydroxylation is 1. The normalized spacial score (nSPS) is 14.8. The number of aromatic nitrogens is 3. The average molecular weight is 501 g/mol. The summed E-state index contributed by atoms with van der Waals surface area (Å²) in [5, 5.41) is 4.52. The fraction of sp³-hybridized carbons (Fsp3) is 0.360. The molecular weight excluding hydrogens is 475 g/mol. The lowest BCUT2D eigenvalue weighted by molar-refractivity contribution is -0.130. The zero-order chi connectivity index (χ0) is 24.8. The van der Waals surface area contributed by atoms with Gasteiger partial charge in [-0.3, -0.25) is 14.6 Å². The molecule has 178 valence electrons. The number of halogens is 2. The van der Waals surface area contributed by atoms with Crippen molar-refractivity contribution in [1.29, 1.82) is 0 Å². The molecule has 4 rings (SSSR count). The summed E-state index contributed by atoms with van der Waals surface area (Å²) in [5.41, 5.74) is 7.77. The second-order valence-electron chi connectivity index (χ2n) is 9.22. The van der Waals surface area contributed by atoms with Crippen LogP contribution in [-0.4, -0.2) is 20.5 Å². The number of benzene rings is 2. The zero-order valence-electron chi connectivity index (χ0n) is 19.2. The quantitative estimate of drug-likeness (QED) is 0.522. The van der Waals surface area contributed by atoms with Crippen molar-refractivity contribution in [3.8, 4) is 5.69 Å². The highest BCUT2D eigenvalue weighted by Crippen LogP contribution is 2.47. The van der Waals surface area contributed by atoms with Gasteiger partial charge in [0.05, 0.1) is 11.1 Å². The largest absolute Gasteiger partial charge is 0.378 e. The van der Waals surface area contributed by atoms with Gasteiger partial charge in [0.25, 0.3) is 5.56 Å². The van der Waals surface area contributed by atoms with E-state index in [-0.39, 0.29) is 23.2 Å². The van der Waals surface area contributed by atoms with Gasteiger partial charge in [0, 0.05) is 22.4 Å². The Morgan fingerprint density at radius 3 is 2.38 bits per heavy atom. The zero-order valence-corrected chi connectivity index (χ0v) is 20.8. The number of hydrogen-bond acceptors (Lipinski definition) is 5. The second-order valence-corrected chi connectivity index (χ2v) is 10.0. The molecular formula is C25H26Cl2N4O3. The predicted molar refractivity (Wildman–Crippen MR) is 134 cm³/mol. The number of rotatable bonds is 6. The van der Waals surface area contributed by atoms with E-state index in [0.29, 0.717) is 22.0 Å². The van der Waals surface area contributed by atoms with Crippen LogP contribution in [0.15, 0.2) is 39.9 Å². The Balaban J connectivity index is 1.71. The first kappa shape index (κ1) is 24.2. The highest BCUT2D eigenvalue weighted by atomic mass is 35.5. The van der Waals surface area contributed by atoms with Crippen molar-refractivity contribution in [3.05, 3.63) is 83.5 Å². The number of nitrogen functional groups attached to an aromatic ring is 1. The Morgan fingerprint density at radius 2 is 1.82 bits per heavy atom. The standard InChI is InChI=1S/C25H26Cl2N4O3/c1-13(2)21(32)25(7-4-8-25)18-10-15(6-5-14(18)3)9-17-19(26)11-16(12-20(17)27)31-24(34)29-23(33)22(28)30-31/h5-6,10-13H,4,7-9H2,1-3H3,(H2,28,30)(H,29,33,34). The van der Waals surface area contributed by atoms with Gasteiger partial charge in [-0.15, -0.1) is 5.10 Å². The van der Waals surface area contributed by atoms with Gasteiger partial charge in [-0.25, -0.2) is 4.79 Å². The summed E-state index contributed by atoms with van der Waals surface area (Å²) in [5.74, 6) is -0.0831. The van der Waals surface area contributed by atoms with E-state index >= 15 is 0 Å². The van der Waals surface area contributed by atoms with Crippen LogP contribution in [-0.2, 0) is 16.6 Å². The maximum absolute atomic E-state index is 13.1. The number of carbonyl (C=O) groups is 1. The van der Waals surface area contributed by atoms with Crippen LogP contribution in [0.2, 0.25) is 10.0 Å². The van der Waals surface area contributed by atoms with Crippen LogP contribution in [0.3, 0.4) is 0 Å². The molecule has 0 amide bonds. The van der Waals surface area contributed by atoms with Crippen LogP contribution in [0, 0.1) is 12.8 Å². The van der Waals surface area contributed by atoms with Gasteiger partial charge in [0.2, 0.25) is 5.82 Å². The van der Waals surface area contributed by atoms with Gasteiger partial charge in [0.15, 0.2) is 0 Å². The minimum absolute atomic E-state index is 0.0289. The summed E-state index contributed by atoms with van der Waals surface area (Å²) in [7, 11) is 0. The number of nitrogens with one attached hydrogen (secondary N) is 1. The minimum atomic E-state index is -0.759. The molecule has 1 aliphatic rings. The molecule has 1 heterocycles. The molecule has 34 heavy (non-hydrogen) atoms. The molecule has 0 spiro atoms. The number of aromatic amines is 1. The molecule has 0 atom stereocenters. The molecule has 0 saturated heterocycles. The fourth-order valence-corrected chi connectivity index (χ4v) is 5.31. The molecule has 0 radical (unpaired) electrons. The summed E-state index contributed by atoms with van der Waals surface area (Å²) in [6.07, 6.45) is 3.24. The van der Waals surface area contributed by atoms with E-state index in [4.69, 9.17) is 28.9 Å². The third kappa shape index (κ3) is 4.18. The smallest absolute Gasteiger partial charge is 0.349 e. The van der Waals surface area contributed by atoms with Gasteiger partial charge < -0.3 is 5.73 Å². The lowest BCUT2D eigenvalue weighted by atomic mass is 9.59. The van der Waals surface area contributed by atoms with Crippen molar-refractivity contribution in [2.75, 3.05) is 5.73 Å². The molecule has 7 nitrogen and oxygen atoms in total. The topological polar surface area (TPSA) is 111 Å². The third-order valence-corrected chi connectivity index (χ3v) is 7.30. The number of hydrogen-bond donors (Lipinski definition) is 2. The molecule has 0 aliphatic heterocycles. The van der Waals surface area contributed by atoms with E-state index in [2.05, 4.69) is 16.1 Å². The molecule has 9 heteroatoms. The van der Waals surface area contributed by atoms with Crippen LogP contribution in [0.4, 0.5) is 5.82 Å².